The summed E-state index contributed by atoms with van der Waals surface area (Å²) >= 11 is 9.63. The van der Waals surface area contributed by atoms with E-state index in [1.54, 1.807) is 0 Å². The van der Waals surface area contributed by atoms with E-state index >= 15 is 0 Å². The minimum Gasteiger partial charge on any atom is -0.329 e. The van der Waals surface area contributed by atoms with E-state index in [0.29, 0.717) is 12.6 Å². The van der Waals surface area contributed by atoms with E-state index in [2.05, 4.69) is 33.0 Å². The first-order valence-corrected chi connectivity index (χ1v) is 7.77. The van der Waals surface area contributed by atoms with Gasteiger partial charge in [0.25, 0.3) is 0 Å². The molecule has 0 spiro atoms. The van der Waals surface area contributed by atoms with Crippen molar-refractivity contribution in [3.05, 3.63) is 33.3 Å². The maximum absolute atomic E-state index is 6.19. The summed E-state index contributed by atoms with van der Waals surface area (Å²) in [5, 5.41) is 0.773. The molecule has 1 aromatic carbocycles. The van der Waals surface area contributed by atoms with Crippen LogP contribution in [0.4, 0.5) is 0 Å². The summed E-state index contributed by atoms with van der Waals surface area (Å²) in [6, 6.07) is 7.28. The fourth-order valence-electron chi connectivity index (χ4n) is 3.53. The molecule has 1 aliphatic heterocycles. The molecule has 2 fully saturated rings. The molecule has 2 nitrogen and oxygen atoms in total. The van der Waals surface area contributed by atoms with Crippen molar-refractivity contribution in [1.82, 2.24) is 4.90 Å². The molecule has 2 N–H and O–H groups in total. The predicted molar refractivity (Wildman–Crippen MR) is 78.8 cm³/mol. The van der Waals surface area contributed by atoms with Crippen molar-refractivity contribution in [2.45, 2.75) is 31.3 Å². The highest BCUT2D eigenvalue weighted by Crippen LogP contribution is 2.42. The summed E-state index contributed by atoms with van der Waals surface area (Å²) in [6.07, 6.45) is 4.10. The second kappa shape index (κ2) is 5.12. The Morgan fingerprint density at radius 3 is 2.83 bits per heavy atom. The summed E-state index contributed by atoms with van der Waals surface area (Å²) in [5.41, 5.74) is 7.26. The molecule has 3 unspecified atom stereocenters. The number of piperidine rings is 1. The third-order valence-electron chi connectivity index (χ3n) is 4.40. The van der Waals surface area contributed by atoms with Crippen LogP contribution in [-0.4, -0.2) is 24.0 Å². The van der Waals surface area contributed by atoms with E-state index in [1.807, 2.05) is 6.07 Å². The quantitative estimate of drug-likeness (QED) is 0.918. The monoisotopic (exact) mass is 328 g/mol. The van der Waals surface area contributed by atoms with Gasteiger partial charge >= 0.3 is 0 Å². The van der Waals surface area contributed by atoms with Crippen LogP contribution in [0.1, 0.15) is 30.9 Å². The Labute approximate surface area is 122 Å². The van der Waals surface area contributed by atoms with Crippen LogP contribution in [0.3, 0.4) is 0 Å². The van der Waals surface area contributed by atoms with Gasteiger partial charge in [0.05, 0.1) is 5.02 Å². The molecule has 0 amide bonds. The number of rotatable bonds is 3. The van der Waals surface area contributed by atoms with Crippen LogP contribution >= 0.6 is 27.5 Å². The third-order valence-corrected chi connectivity index (χ3v) is 5.64. The zero-order valence-electron chi connectivity index (χ0n) is 10.3. The van der Waals surface area contributed by atoms with Crippen LogP contribution in [0, 0.1) is 5.92 Å². The largest absolute Gasteiger partial charge is 0.329 e. The maximum atomic E-state index is 6.19. The topological polar surface area (TPSA) is 29.3 Å². The van der Waals surface area contributed by atoms with Gasteiger partial charge in [-0.3, -0.25) is 4.90 Å². The highest BCUT2D eigenvalue weighted by molar-refractivity contribution is 9.10. The molecule has 0 aromatic heterocycles. The lowest BCUT2D eigenvalue weighted by Crippen LogP contribution is -2.39. The van der Waals surface area contributed by atoms with Gasteiger partial charge in [0, 0.05) is 29.6 Å². The summed E-state index contributed by atoms with van der Waals surface area (Å²) in [6.45, 7) is 1.88. The Morgan fingerprint density at radius 2 is 2.28 bits per heavy atom. The Kier molecular flexibility index (Phi) is 3.68. The van der Waals surface area contributed by atoms with E-state index in [4.69, 9.17) is 17.3 Å². The maximum Gasteiger partial charge on any atom is 0.0551 e. The number of benzene rings is 1. The lowest BCUT2D eigenvalue weighted by atomic mass is 10.0. The van der Waals surface area contributed by atoms with Crippen LogP contribution in [-0.2, 0) is 0 Å². The molecule has 1 saturated heterocycles. The first-order chi connectivity index (χ1) is 8.69. The smallest absolute Gasteiger partial charge is 0.0551 e. The molecule has 1 heterocycles. The Hall–Kier alpha value is -0.0900. The van der Waals surface area contributed by atoms with Crippen LogP contribution in [0.15, 0.2) is 22.7 Å². The van der Waals surface area contributed by atoms with Gasteiger partial charge < -0.3 is 5.73 Å². The summed E-state index contributed by atoms with van der Waals surface area (Å²) < 4.78 is 0.951. The number of hydrogen-bond donors (Lipinski definition) is 1. The standard InChI is InChI=1S/C14H18BrClN2/c15-12-4-2-10(6-13(12)16)14(7-17)18-8-9-1-3-11(18)5-9/h2,4,6,9,11,14H,1,3,5,7-8,17H2. The van der Waals surface area contributed by atoms with Crippen molar-refractivity contribution in [1.29, 1.82) is 0 Å². The van der Waals surface area contributed by atoms with Crippen LogP contribution in [0.2, 0.25) is 5.02 Å². The third kappa shape index (κ3) is 2.22. The van der Waals surface area contributed by atoms with Crippen molar-refractivity contribution < 1.29 is 0 Å². The van der Waals surface area contributed by atoms with Gasteiger partial charge in [-0.25, -0.2) is 0 Å². The molecular weight excluding hydrogens is 312 g/mol. The number of nitrogens with zero attached hydrogens (tertiary/aromatic N) is 1. The lowest BCUT2D eigenvalue weighted by molar-refractivity contribution is 0.153. The Bertz CT molecular complexity index is 451. The molecule has 98 valence electrons. The van der Waals surface area contributed by atoms with E-state index < -0.39 is 0 Å². The SMILES string of the molecule is NCC(c1ccc(Br)c(Cl)c1)N1CC2CCC1C2. The molecule has 1 aromatic rings. The summed E-state index contributed by atoms with van der Waals surface area (Å²) in [5.74, 6) is 0.898. The van der Waals surface area contributed by atoms with Crippen molar-refractivity contribution in [3.63, 3.8) is 0 Å². The number of hydrogen-bond acceptors (Lipinski definition) is 2. The molecule has 4 heteroatoms. The average Bonchev–Trinajstić information content (AvgIpc) is 2.97. The van der Waals surface area contributed by atoms with Gasteiger partial charge in [-0.15, -0.1) is 0 Å². The minimum absolute atomic E-state index is 0.325. The molecule has 3 rings (SSSR count). The van der Waals surface area contributed by atoms with Crippen molar-refractivity contribution in [3.8, 4) is 0 Å². The van der Waals surface area contributed by atoms with Crippen LogP contribution < -0.4 is 5.73 Å². The second-order valence-electron chi connectivity index (χ2n) is 5.45. The zero-order valence-corrected chi connectivity index (χ0v) is 12.6. The van der Waals surface area contributed by atoms with Crippen molar-refractivity contribution in [2.75, 3.05) is 13.1 Å². The van der Waals surface area contributed by atoms with E-state index in [1.165, 1.54) is 31.4 Å². The van der Waals surface area contributed by atoms with E-state index in [9.17, 15) is 0 Å². The first kappa shape index (κ1) is 12.9. The normalized spacial score (nSPS) is 28.8. The van der Waals surface area contributed by atoms with Gasteiger partial charge in [0.1, 0.15) is 0 Å². The molecule has 1 saturated carbocycles. The second-order valence-corrected chi connectivity index (χ2v) is 6.72. The van der Waals surface area contributed by atoms with E-state index in [0.717, 1.165) is 21.5 Å². The molecule has 1 aliphatic carbocycles. The highest BCUT2D eigenvalue weighted by atomic mass is 79.9. The number of fused-ring (bicyclic) bond motifs is 2. The van der Waals surface area contributed by atoms with Crippen LogP contribution in [0.25, 0.3) is 0 Å². The molecule has 3 atom stereocenters. The number of nitrogens with two attached hydrogens (primary N) is 1. The summed E-state index contributed by atoms with van der Waals surface area (Å²) in [4.78, 5) is 2.59. The Morgan fingerprint density at radius 1 is 1.44 bits per heavy atom. The van der Waals surface area contributed by atoms with Gasteiger partial charge in [0.15, 0.2) is 0 Å². The van der Waals surface area contributed by atoms with Gasteiger partial charge in [-0.05, 0) is 58.8 Å². The minimum atomic E-state index is 0.325. The predicted octanol–water partition coefficient (Wildman–Crippen LogP) is 3.59. The average molecular weight is 330 g/mol. The van der Waals surface area contributed by atoms with Crippen molar-refractivity contribution >= 4 is 27.5 Å². The fourth-order valence-corrected chi connectivity index (χ4v) is 3.96. The summed E-state index contributed by atoms with van der Waals surface area (Å²) in [7, 11) is 0. The molecule has 2 aliphatic rings. The fraction of sp³-hybridized carbons (Fsp3) is 0.571. The van der Waals surface area contributed by atoms with Crippen molar-refractivity contribution in [2.24, 2.45) is 11.7 Å². The Balaban J connectivity index is 1.85. The number of likely N-dealkylation sites (tertiary alicyclic amines) is 1. The van der Waals surface area contributed by atoms with Gasteiger partial charge in [0.2, 0.25) is 0 Å². The highest BCUT2D eigenvalue weighted by Gasteiger charge is 2.40. The van der Waals surface area contributed by atoms with Crippen LogP contribution in [0.5, 0.6) is 0 Å². The van der Waals surface area contributed by atoms with E-state index in [-0.39, 0.29) is 0 Å². The van der Waals surface area contributed by atoms with Gasteiger partial charge in [-0.2, -0.15) is 0 Å². The lowest BCUT2D eigenvalue weighted by Gasteiger charge is -2.34. The molecular formula is C14H18BrClN2. The van der Waals surface area contributed by atoms with Gasteiger partial charge in [-0.1, -0.05) is 17.7 Å². The molecule has 18 heavy (non-hydrogen) atoms. The zero-order chi connectivity index (χ0) is 12.7. The molecule has 2 bridgehead atoms. The molecule has 0 radical (unpaired) electrons. The first-order valence-electron chi connectivity index (χ1n) is 6.60. The number of halogens is 2.